The molecular weight excluding hydrogens is 1050 g/mol. The average Bonchev–Trinajstić information content (AvgIpc) is 3.28. The lowest BCUT2D eigenvalue weighted by Gasteiger charge is -2.49. The van der Waals surface area contributed by atoms with Crippen LogP contribution in [0.1, 0.15) is 46.0 Å². The predicted molar refractivity (Wildman–Crippen MR) is 226 cm³/mol. The lowest BCUT2D eigenvalue weighted by atomic mass is 9.94. The van der Waals surface area contributed by atoms with Crippen LogP contribution in [0.25, 0.3) is 0 Å². The van der Waals surface area contributed by atoms with Crippen LogP contribution in [-0.4, -0.2) is 262 Å². The van der Waals surface area contributed by atoms with E-state index in [9.17, 15) is 91.3 Å². The van der Waals surface area contributed by atoms with E-state index >= 15 is 0 Å². The molecule has 0 saturated carbocycles. The summed E-state index contributed by atoms with van der Waals surface area (Å²) in [5.74, 6) is -6.04. The molecular formula is C37H61N3O31S2. The molecule has 0 aromatic heterocycles. The summed E-state index contributed by atoms with van der Waals surface area (Å²) in [6, 6.07) is -3.84. The van der Waals surface area contributed by atoms with Crippen LogP contribution in [0, 0.1) is 0 Å². The van der Waals surface area contributed by atoms with Crippen LogP contribution in [0.5, 0.6) is 0 Å². The summed E-state index contributed by atoms with van der Waals surface area (Å²) in [7, 11) is -10.6. The molecule has 4 aliphatic rings. The van der Waals surface area contributed by atoms with Crippen molar-refractivity contribution in [1.29, 1.82) is 0 Å². The highest BCUT2D eigenvalue weighted by molar-refractivity contribution is 7.81. The number of carboxylic acids is 2. The number of unbranched alkanes of at least 4 members (excludes halogenated alkanes) is 3. The molecule has 422 valence electrons. The van der Waals surface area contributed by atoms with Crippen molar-refractivity contribution >= 4 is 50.5 Å². The Balaban J connectivity index is 1.55. The summed E-state index contributed by atoms with van der Waals surface area (Å²) in [5, 5.41) is 114. The van der Waals surface area contributed by atoms with E-state index in [1.54, 1.807) is 0 Å². The minimum Gasteiger partial charge on any atom is -0.479 e. The number of carbonyl (C=O) groups is 5. The highest BCUT2D eigenvalue weighted by Gasteiger charge is 2.58. The number of hydrogen-bond donors (Lipinski definition) is 15. The third kappa shape index (κ3) is 17.8. The number of ether oxygens (including phenoxy) is 8. The summed E-state index contributed by atoms with van der Waals surface area (Å²) in [4.78, 5) is 61.1. The van der Waals surface area contributed by atoms with Gasteiger partial charge in [0, 0.05) is 33.4 Å². The van der Waals surface area contributed by atoms with Gasteiger partial charge >= 0.3 is 32.7 Å². The zero-order chi connectivity index (χ0) is 54.7. The first kappa shape index (κ1) is 62.0. The zero-order valence-corrected chi connectivity index (χ0v) is 40.2. The Morgan fingerprint density at radius 1 is 0.534 bits per heavy atom. The molecule has 0 radical (unpaired) electrons. The largest absolute Gasteiger partial charge is 0.479 e. The van der Waals surface area contributed by atoms with Crippen LogP contribution in [0.2, 0.25) is 0 Å². The summed E-state index contributed by atoms with van der Waals surface area (Å²) in [5.41, 5.74) is 0. The second kappa shape index (κ2) is 27.5. The van der Waals surface area contributed by atoms with Gasteiger partial charge in [-0.05, 0) is 12.8 Å². The quantitative estimate of drug-likeness (QED) is 0.0282. The number of rotatable bonds is 26. The molecule has 0 aromatic rings. The Bertz CT molecular complexity index is 2070. The number of nitrogens with one attached hydrogen (secondary N) is 3. The Hall–Kier alpha value is -3.55. The third-order valence-corrected chi connectivity index (χ3v) is 12.2. The van der Waals surface area contributed by atoms with Crippen molar-refractivity contribution in [3.05, 3.63) is 0 Å². The maximum Gasteiger partial charge on any atom is 0.397 e. The van der Waals surface area contributed by atoms with E-state index in [-0.39, 0.29) is 25.5 Å². The standard InChI is InChI=1S/C37H61N3O31S2/c1-13(42)39-18-21(46)20(45)15(11-63-72(56,57)58)65-34(18)68-29-24(49)26(51)37(71-31(29)33(54)55)67-27-16(12-64-73(59,60)61)66-35(19(22(27)47)40-14(2)43)69-28-23(48)25(50)36(70-30(28)32(52)53)62-10-6-4-3-5-8-38-17(44)7-9-41/h15-16,18-31,34-37,41,45-51H,3-12H2,1-2H3,(H,38,44)(H,39,42)(H,40,43)(H,52,53)(H,54,55)(H,56,57,58)(H,59,60,61). The monoisotopic (exact) mass is 1110 g/mol. The molecule has 4 fully saturated rings. The maximum atomic E-state index is 12.6. The minimum atomic E-state index is -5.41. The third-order valence-electron chi connectivity index (χ3n) is 11.3. The van der Waals surface area contributed by atoms with Crippen molar-refractivity contribution in [2.45, 2.75) is 169 Å². The van der Waals surface area contributed by atoms with Crippen LogP contribution in [0.15, 0.2) is 0 Å². The van der Waals surface area contributed by atoms with E-state index in [1.165, 1.54) is 0 Å². The van der Waals surface area contributed by atoms with E-state index in [0.29, 0.717) is 32.2 Å². The fraction of sp³-hybridized carbons (Fsp3) is 0.865. The second-order valence-corrected chi connectivity index (χ2v) is 19.0. The lowest BCUT2D eigenvalue weighted by Crippen LogP contribution is -2.70. The molecule has 73 heavy (non-hydrogen) atoms. The van der Waals surface area contributed by atoms with Gasteiger partial charge in [0.15, 0.2) is 37.4 Å². The summed E-state index contributed by atoms with van der Waals surface area (Å²) < 4.78 is 117. The van der Waals surface area contributed by atoms with Gasteiger partial charge in [0.25, 0.3) is 0 Å². The van der Waals surface area contributed by atoms with Crippen LogP contribution in [-0.2, 0) is 91.0 Å². The number of hydrogen-bond acceptors (Lipinski definition) is 27. The number of amides is 3. The first-order valence-corrected chi connectivity index (χ1v) is 24.9. The van der Waals surface area contributed by atoms with E-state index in [0.717, 1.165) is 13.8 Å². The van der Waals surface area contributed by atoms with Gasteiger partial charge in [-0.3, -0.25) is 23.5 Å². The Labute approximate surface area is 414 Å². The van der Waals surface area contributed by atoms with Crippen molar-refractivity contribution in [3.63, 3.8) is 0 Å². The Kier molecular flexibility index (Phi) is 23.3. The van der Waals surface area contributed by atoms with E-state index in [4.69, 9.17) is 47.6 Å². The molecule has 0 aliphatic carbocycles. The van der Waals surface area contributed by atoms with Crippen molar-refractivity contribution in [2.24, 2.45) is 0 Å². The van der Waals surface area contributed by atoms with Gasteiger partial charge in [0.2, 0.25) is 17.7 Å². The number of carbonyl (C=O) groups excluding carboxylic acids is 3. The SMILES string of the molecule is CC(=O)NC1C(OC2C(C(=O)O)OC(OC3C(COS(=O)(=O)O)OC(OC4C(C(=O)O)OC(OCCCCCCNC(=O)CCO)C(O)C4O)C(NC(C)=O)C3O)C(O)C2O)OC(COS(=O)(=O)O)C(O)C1O. The number of aliphatic hydroxyl groups is 8. The average molecular weight is 1110 g/mol. The molecule has 4 saturated heterocycles. The molecule has 20 unspecified atom stereocenters. The van der Waals surface area contributed by atoms with E-state index < -0.39 is 180 Å². The van der Waals surface area contributed by atoms with Crippen molar-refractivity contribution < 1.29 is 147 Å². The van der Waals surface area contributed by atoms with Gasteiger partial charge in [-0.1, -0.05) is 12.8 Å². The molecule has 4 heterocycles. The summed E-state index contributed by atoms with van der Waals surface area (Å²) >= 11 is 0. The van der Waals surface area contributed by atoms with Crippen LogP contribution in [0.3, 0.4) is 0 Å². The van der Waals surface area contributed by atoms with Gasteiger partial charge in [0.1, 0.15) is 85.3 Å². The molecule has 36 heteroatoms. The smallest absolute Gasteiger partial charge is 0.397 e. The van der Waals surface area contributed by atoms with Crippen molar-refractivity contribution in [1.82, 2.24) is 16.0 Å². The van der Waals surface area contributed by atoms with Crippen LogP contribution >= 0.6 is 0 Å². The molecule has 0 spiro atoms. The molecule has 0 bridgehead atoms. The minimum absolute atomic E-state index is 0.0473. The first-order valence-electron chi connectivity index (χ1n) is 22.1. The zero-order valence-electron chi connectivity index (χ0n) is 38.6. The predicted octanol–water partition coefficient (Wildman–Crippen LogP) is -8.54. The molecule has 4 rings (SSSR count). The number of aliphatic hydroxyl groups excluding tert-OH is 8. The first-order chi connectivity index (χ1) is 34.0. The molecule has 4 aliphatic heterocycles. The normalized spacial score (nSPS) is 37.2. The van der Waals surface area contributed by atoms with Crippen molar-refractivity contribution in [3.8, 4) is 0 Å². The van der Waals surface area contributed by atoms with Gasteiger partial charge in [0.05, 0.1) is 19.8 Å². The maximum absolute atomic E-state index is 12.6. The molecule has 34 nitrogen and oxygen atoms in total. The summed E-state index contributed by atoms with van der Waals surface area (Å²) in [6.07, 6.45) is -37.9. The van der Waals surface area contributed by atoms with Crippen LogP contribution in [0.4, 0.5) is 0 Å². The van der Waals surface area contributed by atoms with Gasteiger partial charge in [-0.25, -0.2) is 18.0 Å². The number of carboxylic acid groups (broad SMARTS) is 2. The highest BCUT2D eigenvalue weighted by atomic mass is 32.3. The second-order valence-electron chi connectivity index (χ2n) is 16.8. The summed E-state index contributed by atoms with van der Waals surface area (Å²) in [6.45, 7) is -0.852. The molecule has 3 amide bonds. The van der Waals surface area contributed by atoms with Gasteiger partial charge < -0.3 is 105 Å². The number of aliphatic carboxylic acids is 2. The molecule has 20 atom stereocenters. The highest BCUT2D eigenvalue weighted by Crippen LogP contribution is 2.35. The van der Waals surface area contributed by atoms with Crippen molar-refractivity contribution in [2.75, 3.05) is 33.0 Å². The van der Waals surface area contributed by atoms with Gasteiger partial charge in [-0.15, -0.1) is 0 Å². The fourth-order valence-electron chi connectivity index (χ4n) is 7.89. The van der Waals surface area contributed by atoms with E-state index in [1.807, 2.05) is 0 Å². The Morgan fingerprint density at radius 3 is 1.48 bits per heavy atom. The fourth-order valence-corrected chi connectivity index (χ4v) is 8.51. The van der Waals surface area contributed by atoms with Crippen LogP contribution < -0.4 is 16.0 Å². The van der Waals surface area contributed by atoms with Gasteiger partial charge in [-0.2, -0.15) is 16.8 Å². The molecule has 15 N–H and O–H groups in total. The lowest BCUT2D eigenvalue weighted by molar-refractivity contribution is -0.371. The molecule has 0 aromatic carbocycles. The topological polar surface area (TPSA) is 525 Å². The van der Waals surface area contributed by atoms with E-state index in [2.05, 4.69) is 24.3 Å². The Morgan fingerprint density at radius 2 is 0.986 bits per heavy atom.